The van der Waals surface area contributed by atoms with E-state index in [9.17, 15) is 0 Å². The number of hydrogen-bond acceptors (Lipinski definition) is 3. The van der Waals surface area contributed by atoms with Gasteiger partial charge in [0.15, 0.2) is 0 Å². The van der Waals surface area contributed by atoms with E-state index in [1.54, 1.807) is 0 Å². The van der Waals surface area contributed by atoms with Gasteiger partial charge in [0.1, 0.15) is 5.75 Å². The minimum atomic E-state index is 0.438. The highest BCUT2D eigenvalue weighted by atomic mass is 32.2. The van der Waals surface area contributed by atoms with Crippen LogP contribution >= 0.6 is 11.8 Å². The van der Waals surface area contributed by atoms with Crippen molar-refractivity contribution in [3.05, 3.63) is 29.8 Å². The van der Waals surface area contributed by atoms with Gasteiger partial charge in [-0.25, -0.2) is 0 Å². The number of ether oxygens (including phenoxy) is 1. The Bertz CT molecular complexity index is 377. The third-order valence-corrected chi connectivity index (χ3v) is 4.76. The van der Waals surface area contributed by atoms with Crippen molar-refractivity contribution in [3.63, 3.8) is 0 Å². The second kappa shape index (κ2) is 7.81. The maximum absolute atomic E-state index is 5.93. The summed E-state index contributed by atoms with van der Waals surface area (Å²) in [7, 11) is 0. The molecular formula is C16H25NOS. The predicted octanol–water partition coefficient (Wildman–Crippen LogP) is 3.88. The molecule has 1 aromatic rings. The monoisotopic (exact) mass is 279 g/mol. The van der Waals surface area contributed by atoms with Crippen LogP contribution in [-0.2, 0) is 0 Å². The normalized spacial score (nSPS) is 20.4. The lowest BCUT2D eigenvalue weighted by Crippen LogP contribution is -2.28. The van der Waals surface area contributed by atoms with Crippen LogP contribution in [0.2, 0.25) is 0 Å². The molecule has 2 atom stereocenters. The van der Waals surface area contributed by atoms with Gasteiger partial charge in [-0.1, -0.05) is 32.0 Å². The number of rotatable bonds is 7. The van der Waals surface area contributed by atoms with E-state index in [4.69, 9.17) is 4.74 Å². The average molecular weight is 279 g/mol. The fourth-order valence-corrected chi connectivity index (χ4v) is 3.94. The van der Waals surface area contributed by atoms with Gasteiger partial charge >= 0.3 is 0 Å². The van der Waals surface area contributed by atoms with Crippen molar-refractivity contribution in [1.82, 2.24) is 5.32 Å². The molecule has 2 rings (SSSR count). The van der Waals surface area contributed by atoms with E-state index < -0.39 is 0 Å². The highest BCUT2D eigenvalue weighted by molar-refractivity contribution is 7.99. The first kappa shape index (κ1) is 14.7. The van der Waals surface area contributed by atoms with Crippen molar-refractivity contribution in [1.29, 1.82) is 0 Å². The van der Waals surface area contributed by atoms with E-state index in [-0.39, 0.29) is 0 Å². The zero-order chi connectivity index (χ0) is 13.5. The number of benzene rings is 1. The quantitative estimate of drug-likeness (QED) is 0.818. The molecule has 3 heteroatoms. The number of hydrogen-bond donors (Lipinski definition) is 1. The maximum atomic E-state index is 5.93. The van der Waals surface area contributed by atoms with Gasteiger partial charge in [-0.3, -0.25) is 0 Å². The Morgan fingerprint density at radius 1 is 1.37 bits per heavy atom. The van der Waals surface area contributed by atoms with E-state index in [1.807, 2.05) is 0 Å². The molecule has 1 saturated heterocycles. The number of nitrogens with one attached hydrogen (secondary N) is 1. The third kappa shape index (κ3) is 3.90. The Morgan fingerprint density at radius 2 is 2.21 bits per heavy atom. The predicted molar refractivity (Wildman–Crippen MR) is 84.1 cm³/mol. The summed E-state index contributed by atoms with van der Waals surface area (Å²) in [6.07, 6.45) is 2.37. The fourth-order valence-electron chi connectivity index (χ4n) is 2.65. The van der Waals surface area contributed by atoms with E-state index in [0.717, 1.165) is 31.2 Å². The van der Waals surface area contributed by atoms with E-state index in [0.29, 0.717) is 6.04 Å². The Hall–Kier alpha value is -0.670. The Kier molecular flexibility index (Phi) is 6.05. The van der Waals surface area contributed by atoms with Crippen LogP contribution in [0.4, 0.5) is 0 Å². The highest BCUT2D eigenvalue weighted by Gasteiger charge is 2.27. The summed E-state index contributed by atoms with van der Waals surface area (Å²) >= 11 is 2.07. The second-order valence-electron chi connectivity index (χ2n) is 5.05. The Morgan fingerprint density at radius 3 is 2.89 bits per heavy atom. The molecule has 2 unspecified atom stereocenters. The first-order valence-electron chi connectivity index (χ1n) is 7.39. The molecular weight excluding hydrogens is 254 g/mol. The summed E-state index contributed by atoms with van der Waals surface area (Å²) in [4.78, 5) is 0. The van der Waals surface area contributed by atoms with Crippen LogP contribution in [0.3, 0.4) is 0 Å². The summed E-state index contributed by atoms with van der Waals surface area (Å²) in [6.45, 7) is 6.14. The molecule has 1 aromatic carbocycles. The number of thioether (sulfide) groups is 1. The lowest BCUT2D eigenvalue weighted by molar-refractivity contribution is 0.302. The van der Waals surface area contributed by atoms with Crippen molar-refractivity contribution in [3.8, 4) is 5.75 Å². The van der Waals surface area contributed by atoms with Crippen molar-refractivity contribution < 1.29 is 4.74 Å². The zero-order valence-corrected chi connectivity index (χ0v) is 12.8. The van der Waals surface area contributed by atoms with Crippen molar-refractivity contribution in [2.24, 2.45) is 5.92 Å². The van der Waals surface area contributed by atoms with Crippen molar-refractivity contribution in [2.45, 2.75) is 32.7 Å². The van der Waals surface area contributed by atoms with Crippen LogP contribution in [0.15, 0.2) is 24.3 Å². The smallest absolute Gasteiger partial charge is 0.124 e. The lowest BCUT2D eigenvalue weighted by Gasteiger charge is -2.26. The molecule has 0 saturated carbocycles. The lowest BCUT2D eigenvalue weighted by atomic mass is 9.92. The van der Waals surface area contributed by atoms with Crippen molar-refractivity contribution in [2.75, 3.05) is 24.7 Å². The van der Waals surface area contributed by atoms with Gasteiger partial charge in [-0.15, -0.1) is 0 Å². The molecule has 0 spiro atoms. The summed E-state index contributed by atoms with van der Waals surface area (Å²) < 4.78 is 5.93. The molecule has 2 nitrogen and oxygen atoms in total. The topological polar surface area (TPSA) is 21.3 Å². The van der Waals surface area contributed by atoms with E-state index in [1.165, 1.54) is 23.5 Å². The van der Waals surface area contributed by atoms with Gasteiger partial charge in [-0.2, -0.15) is 11.8 Å². The van der Waals surface area contributed by atoms with Crippen molar-refractivity contribution >= 4 is 11.8 Å². The van der Waals surface area contributed by atoms with E-state index >= 15 is 0 Å². The molecule has 1 N–H and O–H groups in total. The molecule has 106 valence electrons. The molecule has 1 aliphatic heterocycles. The fraction of sp³-hybridized carbons (Fsp3) is 0.625. The highest BCUT2D eigenvalue weighted by Crippen LogP contribution is 2.37. The molecule has 0 aliphatic carbocycles. The van der Waals surface area contributed by atoms with Gasteiger partial charge in [0.2, 0.25) is 0 Å². The van der Waals surface area contributed by atoms with Crippen LogP contribution in [0.25, 0.3) is 0 Å². The minimum absolute atomic E-state index is 0.438. The van der Waals surface area contributed by atoms with E-state index in [2.05, 4.69) is 55.2 Å². The third-order valence-electron chi connectivity index (χ3n) is 3.58. The minimum Gasteiger partial charge on any atom is -0.493 e. The molecule has 19 heavy (non-hydrogen) atoms. The molecule has 0 amide bonds. The van der Waals surface area contributed by atoms with Crippen LogP contribution in [0, 0.1) is 5.92 Å². The SMILES string of the molecule is CCCOc1ccccc1C(NCC)C1CCSC1. The molecule has 0 bridgehead atoms. The van der Waals surface area contributed by atoms with Gasteiger partial charge in [0.25, 0.3) is 0 Å². The molecule has 0 aromatic heterocycles. The standard InChI is InChI=1S/C16H25NOS/c1-3-10-18-15-8-6-5-7-14(15)16(17-4-2)13-9-11-19-12-13/h5-8,13,16-17H,3-4,9-12H2,1-2H3. The summed E-state index contributed by atoms with van der Waals surface area (Å²) in [5.74, 6) is 4.35. The first-order valence-corrected chi connectivity index (χ1v) is 8.55. The molecule has 1 heterocycles. The second-order valence-corrected chi connectivity index (χ2v) is 6.20. The summed E-state index contributed by atoms with van der Waals surface area (Å²) in [5.41, 5.74) is 1.34. The van der Waals surface area contributed by atoms with Gasteiger partial charge in [0, 0.05) is 11.6 Å². The summed E-state index contributed by atoms with van der Waals surface area (Å²) in [6, 6.07) is 8.97. The zero-order valence-electron chi connectivity index (χ0n) is 12.0. The maximum Gasteiger partial charge on any atom is 0.124 e. The first-order chi connectivity index (χ1) is 9.36. The van der Waals surface area contributed by atoms with Crippen LogP contribution in [-0.4, -0.2) is 24.7 Å². The Labute approximate surface area is 121 Å². The van der Waals surface area contributed by atoms with Crippen LogP contribution in [0.1, 0.15) is 38.3 Å². The number of para-hydroxylation sites is 1. The Balaban J connectivity index is 2.19. The molecule has 0 radical (unpaired) electrons. The summed E-state index contributed by atoms with van der Waals surface area (Å²) in [5, 5.41) is 3.66. The van der Waals surface area contributed by atoms with Gasteiger partial charge in [0.05, 0.1) is 6.61 Å². The molecule has 1 fully saturated rings. The average Bonchev–Trinajstić information content (AvgIpc) is 2.97. The molecule has 1 aliphatic rings. The van der Waals surface area contributed by atoms with Crippen LogP contribution in [0.5, 0.6) is 5.75 Å². The largest absolute Gasteiger partial charge is 0.493 e. The van der Waals surface area contributed by atoms with Gasteiger partial charge < -0.3 is 10.1 Å². The van der Waals surface area contributed by atoms with Crippen LogP contribution < -0.4 is 10.1 Å². The van der Waals surface area contributed by atoms with Gasteiger partial charge in [-0.05, 0) is 42.9 Å².